The molecule has 1 N–H and O–H groups in total. The largest absolute Gasteiger partial charge is 0.573 e. The van der Waals surface area contributed by atoms with Crippen LogP contribution in [0.2, 0.25) is 0 Å². The van der Waals surface area contributed by atoms with Crippen molar-refractivity contribution in [3.63, 3.8) is 0 Å². The lowest BCUT2D eigenvalue weighted by atomic mass is 10.2. The van der Waals surface area contributed by atoms with Crippen molar-refractivity contribution in [3.8, 4) is 11.5 Å². The first-order chi connectivity index (χ1) is 20.6. The SMILES string of the molecule is COc1cccc(/C=C/c2cnc(Nc3ccc(S(=O)(=O)N4CCN(C(=O)OC(C)(C)C)CC4)c(OC(F)(F)F)c3)nc2)c1. The minimum Gasteiger partial charge on any atom is -0.497 e. The highest BCUT2D eigenvalue weighted by Gasteiger charge is 2.37. The zero-order valence-corrected chi connectivity index (χ0v) is 25.3. The van der Waals surface area contributed by atoms with Gasteiger partial charge in [0.25, 0.3) is 0 Å². The summed E-state index contributed by atoms with van der Waals surface area (Å²) in [5, 5.41) is 2.76. The van der Waals surface area contributed by atoms with Crippen LogP contribution in [0.25, 0.3) is 12.2 Å². The van der Waals surface area contributed by atoms with Crippen LogP contribution in [0.4, 0.5) is 29.6 Å². The number of alkyl halides is 3. The Balaban J connectivity index is 1.48. The lowest BCUT2D eigenvalue weighted by Gasteiger charge is -2.35. The highest BCUT2D eigenvalue weighted by atomic mass is 32.2. The number of hydrogen-bond donors (Lipinski definition) is 1. The maximum Gasteiger partial charge on any atom is 0.573 e. The summed E-state index contributed by atoms with van der Waals surface area (Å²) in [6.07, 6.45) is 0.871. The predicted molar refractivity (Wildman–Crippen MR) is 157 cm³/mol. The van der Waals surface area contributed by atoms with Crippen molar-refractivity contribution in [3.05, 3.63) is 66.0 Å². The molecule has 1 fully saturated rings. The number of carbonyl (C=O) groups is 1. The van der Waals surface area contributed by atoms with E-state index in [1.165, 1.54) is 23.4 Å². The van der Waals surface area contributed by atoms with E-state index in [4.69, 9.17) is 9.47 Å². The molecule has 0 radical (unpaired) electrons. The molecule has 44 heavy (non-hydrogen) atoms. The smallest absolute Gasteiger partial charge is 0.497 e. The average molecular weight is 636 g/mol. The van der Waals surface area contributed by atoms with Gasteiger partial charge in [0.1, 0.15) is 16.2 Å². The van der Waals surface area contributed by atoms with E-state index in [1.807, 2.05) is 30.3 Å². The number of nitrogens with one attached hydrogen (secondary N) is 1. The molecule has 4 rings (SSSR count). The maximum absolute atomic E-state index is 13.4. The second-order valence-corrected chi connectivity index (χ2v) is 12.6. The normalized spacial score (nSPS) is 14.8. The fourth-order valence-corrected chi connectivity index (χ4v) is 5.65. The van der Waals surface area contributed by atoms with Crippen LogP contribution in [0.15, 0.2) is 59.8 Å². The van der Waals surface area contributed by atoms with Gasteiger partial charge in [0.15, 0.2) is 5.75 Å². The number of piperazine rings is 1. The van der Waals surface area contributed by atoms with Crippen LogP contribution in [-0.2, 0) is 14.8 Å². The van der Waals surface area contributed by atoms with Gasteiger partial charge in [-0.25, -0.2) is 23.2 Å². The molecular formula is C29H32F3N5O6S. The standard InChI is InChI=1S/C29H32F3N5O6S/c1-28(2,3)43-27(38)36-12-14-37(15-13-36)44(39,40)25-11-10-22(17-24(25)42-29(30,31)32)35-26-33-18-21(19-34-26)9-8-20-6-5-7-23(16-20)41-4/h5-11,16-19H,12-15H2,1-4H3,(H,33,34,35)/b9-8+. The summed E-state index contributed by atoms with van der Waals surface area (Å²) < 4.78 is 82.4. The minimum absolute atomic E-state index is 0.00527. The summed E-state index contributed by atoms with van der Waals surface area (Å²) in [5.41, 5.74) is 0.885. The summed E-state index contributed by atoms with van der Waals surface area (Å²) in [4.78, 5) is 21.4. The van der Waals surface area contributed by atoms with Crippen LogP contribution < -0.4 is 14.8 Å². The van der Waals surface area contributed by atoms with Gasteiger partial charge in [0.2, 0.25) is 16.0 Å². The quantitative estimate of drug-likeness (QED) is 0.340. The summed E-state index contributed by atoms with van der Waals surface area (Å²) in [7, 11) is -2.85. The van der Waals surface area contributed by atoms with Gasteiger partial charge in [-0.15, -0.1) is 13.2 Å². The number of nitrogens with zero attached hydrogens (tertiary/aromatic N) is 4. The van der Waals surface area contributed by atoms with Gasteiger partial charge in [-0.1, -0.05) is 24.3 Å². The molecule has 0 bridgehead atoms. The third-order valence-corrected chi connectivity index (χ3v) is 8.11. The van der Waals surface area contributed by atoms with Gasteiger partial charge in [-0.3, -0.25) is 0 Å². The summed E-state index contributed by atoms with van der Waals surface area (Å²) >= 11 is 0. The Hall–Kier alpha value is -4.37. The second kappa shape index (κ2) is 13.1. The lowest BCUT2D eigenvalue weighted by molar-refractivity contribution is -0.275. The number of sulfonamides is 1. The molecule has 1 aliphatic rings. The third-order valence-electron chi connectivity index (χ3n) is 6.17. The number of aromatic nitrogens is 2. The Labute approximate surface area is 253 Å². The molecule has 0 spiro atoms. The molecule has 1 aromatic heterocycles. The Morgan fingerprint density at radius 3 is 2.23 bits per heavy atom. The second-order valence-electron chi connectivity index (χ2n) is 10.7. The van der Waals surface area contributed by atoms with Gasteiger partial charge in [-0.05, 0) is 50.6 Å². The van der Waals surface area contributed by atoms with Crippen LogP contribution >= 0.6 is 0 Å². The molecule has 15 heteroatoms. The molecule has 1 amide bonds. The van der Waals surface area contributed by atoms with Crippen molar-refractivity contribution in [2.75, 3.05) is 38.6 Å². The summed E-state index contributed by atoms with van der Waals surface area (Å²) in [5.74, 6) is -0.151. The van der Waals surface area contributed by atoms with Gasteiger partial charge in [-0.2, -0.15) is 4.31 Å². The van der Waals surface area contributed by atoms with E-state index in [2.05, 4.69) is 20.0 Å². The molecule has 1 saturated heterocycles. The van der Waals surface area contributed by atoms with Crippen molar-refractivity contribution in [2.45, 2.75) is 37.6 Å². The first kappa shape index (κ1) is 32.5. The van der Waals surface area contributed by atoms with Crippen molar-refractivity contribution in [1.82, 2.24) is 19.2 Å². The van der Waals surface area contributed by atoms with E-state index in [0.29, 0.717) is 11.3 Å². The molecule has 2 aromatic carbocycles. The van der Waals surface area contributed by atoms with Crippen LogP contribution in [0.1, 0.15) is 31.9 Å². The zero-order chi connectivity index (χ0) is 32.1. The number of hydrogen-bond acceptors (Lipinski definition) is 9. The number of halogens is 3. The van der Waals surface area contributed by atoms with Crippen molar-refractivity contribution < 1.29 is 40.6 Å². The average Bonchev–Trinajstić information content (AvgIpc) is 2.95. The minimum atomic E-state index is -5.16. The lowest BCUT2D eigenvalue weighted by Crippen LogP contribution is -2.51. The van der Waals surface area contributed by atoms with E-state index >= 15 is 0 Å². The highest BCUT2D eigenvalue weighted by Crippen LogP contribution is 2.35. The Bertz CT molecular complexity index is 1600. The molecular weight excluding hydrogens is 603 g/mol. The van der Waals surface area contributed by atoms with Crippen molar-refractivity contribution >= 4 is 39.9 Å². The van der Waals surface area contributed by atoms with E-state index in [9.17, 15) is 26.4 Å². The van der Waals surface area contributed by atoms with Crippen LogP contribution in [0.5, 0.6) is 11.5 Å². The molecule has 236 valence electrons. The number of benzene rings is 2. The molecule has 2 heterocycles. The predicted octanol–water partition coefficient (Wildman–Crippen LogP) is 5.54. The number of rotatable bonds is 8. The van der Waals surface area contributed by atoms with Crippen molar-refractivity contribution in [2.24, 2.45) is 0 Å². The number of ether oxygens (including phenoxy) is 3. The van der Waals surface area contributed by atoms with Crippen LogP contribution in [0.3, 0.4) is 0 Å². The van der Waals surface area contributed by atoms with Crippen LogP contribution in [-0.4, -0.2) is 78.9 Å². The van der Waals surface area contributed by atoms with E-state index in [-0.39, 0.29) is 37.8 Å². The first-order valence-electron chi connectivity index (χ1n) is 13.4. The molecule has 0 aliphatic carbocycles. The third kappa shape index (κ3) is 8.83. The van der Waals surface area contributed by atoms with Gasteiger partial charge in [0, 0.05) is 55.9 Å². The monoisotopic (exact) mass is 635 g/mol. The number of methoxy groups -OCH3 is 1. The number of amides is 1. The molecule has 0 atom stereocenters. The molecule has 0 unspecified atom stereocenters. The number of anilines is 2. The Morgan fingerprint density at radius 1 is 0.955 bits per heavy atom. The van der Waals surface area contributed by atoms with Gasteiger partial charge < -0.3 is 24.4 Å². The van der Waals surface area contributed by atoms with Gasteiger partial charge >= 0.3 is 12.5 Å². The zero-order valence-electron chi connectivity index (χ0n) is 24.5. The van der Waals surface area contributed by atoms with Crippen molar-refractivity contribution in [1.29, 1.82) is 0 Å². The number of carbonyl (C=O) groups excluding carboxylic acids is 1. The molecule has 0 saturated carbocycles. The highest BCUT2D eigenvalue weighted by molar-refractivity contribution is 7.89. The fourth-order valence-electron chi connectivity index (χ4n) is 4.14. The first-order valence-corrected chi connectivity index (χ1v) is 14.9. The Kier molecular flexibility index (Phi) is 9.69. The Morgan fingerprint density at radius 2 is 1.61 bits per heavy atom. The van der Waals surface area contributed by atoms with Gasteiger partial charge in [0.05, 0.1) is 7.11 Å². The van der Waals surface area contributed by atoms with E-state index in [1.54, 1.807) is 34.0 Å². The molecule has 11 nitrogen and oxygen atoms in total. The summed E-state index contributed by atoms with van der Waals surface area (Å²) in [6, 6.07) is 10.6. The molecule has 3 aromatic rings. The topological polar surface area (TPSA) is 123 Å². The van der Waals surface area contributed by atoms with Crippen LogP contribution in [0, 0.1) is 0 Å². The van der Waals surface area contributed by atoms with E-state index in [0.717, 1.165) is 22.0 Å². The fraction of sp³-hybridized carbons (Fsp3) is 0.345. The maximum atomic E-state index is 13.4. The van der Waals surface area contributed by atoms with E-state index < -0.39 is 38.7 Å². The molecule has 1 aliphatic heterocycles. The summed E-state index contributed by atoms with van der Waals surface area (Å²) in [6.45, 7) is 4.84.